The van der Waals surface area contributed by atoms with Crippen molar-refractivity contribution in [2.45, 2.75) is 18.9 Å². The summed E-state index contributed by atoms with van der Waals surface area (Å²) in [6, 6.07) is 0.582. The molecule has 1 N–H and O–H groups in total. The fraction of sp³-hybridized carbons (Fsp3) is 0.636. The van der Waals surface area contributed by atoms with E-state index in [2.05, 4.69) is 41.7 Å². The standard InChI is InChI=1S/C11H18N2/c1-13-8-5-10(6-9-13)11-4-2-3-7-12-11/h2-4,7,10-12H,5-6,8-9H2,1H3. The van der Waals surface area contributed by atoms with E-state index in [1.54, 1.807) is 0 Å². The van der Waals surface area contributed by atoms with Gasteiger partial charge in [-0.15, -0.1) is 0 Å². The number of likely N-dealkylation sites (tertiary alicyclic amines) is 1. The zero-order chi connectivity index (χ0) is 9.10. The number of dihydropyridines is 1. The van der Waals surface area contributed by atoms with Gasteiger partial charge in [0, 0.05) is 6.04 Å². The van der Waals surface area contributed by atoms with Crippen LogP contribution in [0.25, 0.3) is 0 Å². The van der Waals surface area contributed by atoms with Gasteiger partial charge in [0.1, 0.15) is 0 Å². The second-order valence-electron chi connectivity index (χ2n) is 4.08. The van der Waals surface area contributed by atoms with Crippen LogP contribution in [0.15, 0.2) is 24.4 Å². The number of hydrogen-bond acceptors (Lipinski definition) is 2. The average molecular weight is 178 g/mol. The Bertz CT molecular complexity index is 212. The van der Waals surface area contributed by atoms with Crippen LogP contribution in [-0.4, -0.2) is 31.1 Å². The predicted octanol–water partition coefficient (Wildman–Crippen LogP) is 1.37. The fourth-order valence-corrected chi connectivity index (χ4v) is 2.14. The average Bonchev–Trinajstić information content (AvgIpc) is 2.20. The number of piperidine rings is 1. The van der Waals surface area contributed by atoms with Crippen LogP contribution in [0.2, 0.25) is 0 Å². The zero-order valence-corrected chi connectivity index (χ0v) is 8.24. The molecule has 0 aromatic carbocycles. The van der Waals surface area contributed by atoms with Gasteiger partial charge in [0.2, 0.25) is 0 Å². The van der Waals surface area contributed by atoms with Crippen molar-refractivity contribution in [3.63, 3.8) is 0 Å². The van der Waals surface area contributed by atoms with E-state index in [-0.39, 0.29) is 0 Å². The summed E-state index contributed by atoms with van der Waals surface area (Å²) in [6.07, 6.45) is 11.2. The van der Waals surface area contributed by atoms with E-state index < -0.39 is 0 Å². The molecule has 0 aromatic heterocycles. The number of rotatable bonds is 1. The minimum absolute atomic E-state index is 0.582. The van der Waals surface area contributed by atoms with Gasteiger partial charge in [0.25, 0.3) is 0 Å². The molecule has 0 radical (unpaired) electrons. The van der Waals surface area contributed by atoms with Crippen LogP contribution in [0.3, 0.4) is 0 Å². The van der Waals surface area contributed by atoms with Crippen LogP contribution in [0.5, 0.6) is 0 Å². The highest BCUT2D eigenvalue weighted by atomic mass is 15.1. The predicted molar refractivity (Wildman–Crippen MR) is 55.4 cm³/mol. The van der Waals surface area contributed by atoms with Gasteiger partial charge in [0.15, 0.2) is 0 Å². The van der Waals surface area contributed by atoms with E-state index in [0.29, 0.717) is 6.04 Å². The normalized spacial score (nSPS) is 30.4. The number of allylic oxidation sites excluding steroid dienone is 2. The van der Waals surface area contributed by atoms with Gasteiger partial charge in [-0.25, -0.2) is 0 Å². The maximum Gasteiger partial charge on any atom is 0.0471 e. The lowest BCUT2D eigenvalue weighted by Crippen LogP contribution is -2.40. The molecule has 1 fully saturated rings. The number of hydrogen-bond donors (Lipinski definition) is 1. The molecule has 1 atom stereocenters. The van der Waals surface area contributed by atoms with Gasteiger partial charge in [-0.3, -0.25) is 0 Å². The lowest BCUT2D eigenvalue weighted by atomic mass is 9.89. The Morgan fingerprint density at radius 2 is 2.00 bits per heavy atom. The van der Waals surface area contributed by atoms with Gasteiger partial charge in [0.05, 0.1) is 0 Å². The molecule has 0 aliphatic carbocycles. The molecule has 0 aromatic rings. The highest BCUT2D eigenvalue weighted by Gasteiger charge is 2.23. The highest BCUT2D eigenvalue weighted by molar-refractivity contribution is 5.13. The SMILES string of the molecule is CN1CCC(C2C=CC=CN2)CC1. The van der Waals surface area contributed by atoms with Crippen molar-refractivity contribution < 1.29 is 0 Å². The number of nitrogens with zero attached hydrogens (tertiary/aromatic N) is 1. The van der Waals surface area contributed by atoms with Crippen LogP contribution in [0.4, 0.5) is 0 Å². The van der Waals surface area contributed by atoms with Crippen molar-refractivity contribution in [2.75, 3.05) is 20.1 Å². The topological polar surface area (TPSA) is 15.3 Å². The summed E-state index contributed by atoms with van der Waals surface area (Å²) in [5, 5.41) is 3.42. The maximum absolute atomic E-state index is 3.42. The van der Waals surface area contributed by atoms with Crippen LogP contribution in [-0.2, 0) is 0 Å². The Labute approximate surface area is 80.3 Å². The van der Waals surface area contributed by atoms with Gasteiger partial charge in [-0.05, 0) is 51.2 Å². The Kier molecular flexibility index (Phi) is 2.69. The van der Waals surface area contributed by atoms with E-state index in [0.717, 1.165) is 5.92 Å². The summed E-state index contributed by atoms with van der Waals surface area (Å²) >= 11 is 0. The summed E-state index contributed by atoms with van der Waals surface area (Å²) in [5.74, 6) is 0.831. The lowest BCUT2D eigenvalue weighted by Gasteiger charge is -2.33. The van der Waals surface area contributed by atoms with E-state index in [1.165, 1.54) is 25.9 Å². The van der Waals surface area contributed by atoms with E-state index in [4.69, 9.17) is 0 Å². The molecule has 1 saturated heterocycles. The van der Waals surface area contributed by atoms with Crippen molar-refractivity contribution >= 4 is 0 Å². The first kappa shape index (κ1) is 8.82. The second-order valence-corrected chi connectivity index (χ2v) is 4.08. The second kappa shape index (κ2) is 3.97. The Morgan fingerprint density at radius 3 is 2.62 bits per heavy atom. The third kappa shape index (κ3) is 2.13. The van der Waals surface area contributed by atoms with Crippen LogP contribution < -0.4 is 5.32 Å². The summed E-state index contributed by atoms with van der Waals surface area (Å²) in [4.78, 5) is 2.42. The summed E-state index contributed by atoms with van der Waals surface area (Å²) in [5.41, 5.74) is 0. The minimum Gasteiger partial charge on any atom is -0.384 e. The molecule has 2 aliphatic rings. The number of nitrogens with one attached hydrogen (secondary N) is 1. The lowest BCUT2D eigenvalue weighted by molar-refractivity contribution is 0.203. The molecule has 1 unspecified atom stereocenters. The van der Waals surface area contributed by atoms with E-state index in [9.17, 15) is 0 Å². The van der Waals surface area contributed by atoms with E-state index >= 15 is 0 Å². The minimum atomic E-state index is 0.582. The molecule has 72 valence electrons. The van der Waals surface area contributed by atoms with E-state index in [1.807, 2.05) is 0 Å². The summed E-state index contributed by atoms with van der Waals surface area (Å²) in [6.45, 7) is 2.50. The molecule has 2 rings (SSSR count). The first-order valence-electron chi connectivity index (χ1n) is 5.14. The molecule has 0 amide bonds. The van der Waals surface area contributed by atoms with Crippen molar-refractivity contribution in [1.82, 2.24) is 10.2 Å². The quantitative estimate of drug-likeness (QED) is 0.652. The molecular formula is C11H18N2. The fourth-order valence-electron chi connectivity index (χ4n) is 2.14. The van der Waals surface area contributed by atoms with Crippen molar-refractivity contribution in [1.29, 1.82) is 0 Å². The molecular weight excluding hydrogens is 160 g/mol. The van der Waals surface area contributed by atoms with Gasteiger partial charge < -0.3 is 10.2 Å². The Morgan fingerprint density at radius 1 is 1.23 bits per heavy atom. The first-order valence-corrected chi connectivity index (χ1v) is 5.14. The molecule has 13 heavy (non-hydrogen) atoms. The van der Waals surface area contributed by atoms with Gasteiger partial charge in [-0.2, -0.15) is 0 Å². The molecule has 2 aliphatic heterocycles. The Balaban J connectivity index is 1.87. The van der Waals surface area contributed by atoms with Crippen LogP contribution in [0.1, 0.15) is 12.8 Å². The van der Waals surface area contributed by atoms with Crippen molar-refractivity contribution in [3.05, 3.63) is 24.4 Å². The maximum atomic E-state index is 3.42. The highest BCUT2D eigenvalue weighted by Crippen LogP contribution is 2.21. The van der Waals surface area contributed by atoms with Gasteiger partial charge in [-0.1, -0.05) is 12.2 Å². The third-order valence-electron chi connectivity index (χ3n) is 3.09. The van der Waals surface area contributed by atoms with Gasteiger partial charge >= 0.3 is 0 Å². The molecule has 2 heterocycles. The third-order valence-corrected chi connectivity index (χ3v) is 3.09. The first-order chi connectivity index (χ1) is 6.36. The molecule has 0 bridgehead atoms. The van der Waals surface area contributed by atoms with Crippen LogP contribution >= 0.6 is 0 Å². The molecule has 0 spiro atoms. The Hall–Kier alpha value is -0.760. The van der Waals surface area contributed by atoms with Crippen molar-refractivity contribution in [3.8, 4) is 0 Å². The molecule has 2 nitrogen and oxygen atoms in total. The summed E-state index contributed by atoms with van der Waals surface area (Å²) < 4.78 is 0. The largest absolute Gasteiger partial charge is 0.384 e. The zero-order valence-electron chi connectivity index (χ0n) is 8.24. The smallest absolute Gasteiger partial charge is 0.0471 e. The summed E-state index contributed by atoms with van der Waals surface area (Å²) in [7, 11) is 2.21. The monoisotopic (exact) mass is 178 g/mol. The van der Waals surface area contributed by atoms with Crippen LogP contribution in [0, 0.1) is 5.92 Å². The molecule has 2 heteroatoms. The molecule has 0 saturated carbocycles. The van der Waals surface area contributed by atoms with Crippen molar-refractivity contribution in [2.24, 2.45) is 5.92 Å².